The van der Waals surface area contributed by atoms with Crippen molar-refractivity contribution in [3.8, 4) is 6.07 Å². The molecule has 0 amide bonds. The molecule has 0 aliphatic rings. The SMILES string of the molecule is N#CC(Br)(Br)C(c1ccccc1)=S(=O)=O. The highest BCUT2D eigenvalue weighted by atomic mass is 79.9. The fourth-order valence-corrected chi connectivity index (χ4v) is 2.86. The summed E-state index contributed by atoms with van der Waals surface area (Å²) in [6, 6.07) is 10.3. The Morgan fingerprint density at radius 1 is 1.27 bits per heavy atom. The van der Waals surface area contributed by atoms with Crippen LogP contribution in [-0.2, 0) is 10.3 Å². The van der Waals surface area contributed by atoms with Gasteiger partial charge in [-0.3, -0.25) is 0 Å². The summed E-state index contributed by atoms with van der Waals surface area (Å²) in [6.07, 6.45) is 0. The molecule has 6 heteroatoms. The number of nitriles is 1. The normalized spacial score (nSPS) is 10.5. The van der Waals surface area contributed by atoms with Crippen molar-refractivity contribution >= 4 is 47.0 Å². The molecule has 78 valence electrons. The van der Waals surface area contributed by atoms with Crippen molar-refractivity contribution in [2.75, 3.05) is 0 Å². The van der Waals surface area contributed by atoms with Gasteiger partial charge in [0, 0.05) is 0 Å². The first-order valence-electron chi connectivity index (χ1n) is 3.80. The minimum atomic E-state index is -2.47. The summed E-state index contributed by atoms with van der Waals surface area (Å²) in [5, 5.41) is 8.84. The van der Waals surface area contributed by atoms with E-state index < -0.39 is 13.5 Å². The third kappa shape index (κ3) is 2.91. The summed E-state index contributed by atoms with van der Waals surface area (Å²) >= 11 is 6.02. The fourth-order valence-electron chi connectivity index (χ4n) is 1.02. The van der Waals surface area contributed by atoms with E-state index in [1.165, 1.54) is 0 Å². The Balaban J connectivity index is 3.47. The summed E-state index contributed by atoms with van der Waals surface area (Å²) in [6.45, 7) is 0. The molecule has 0 heterocycles. The molecule has 3 nitrogen and oxygen atoms in total. The predicted octanol–water partition coefficient (Wildman–Crippen LogP) is 2.10. The second-order valence-electron chi connectivity index (χ2n) is 2.62. The van der Waals surface area contributed by atoms with Gasteiger partial charge in [-0.2, -0.15) is 13.7 Å². The highest BCUT2D eigenvalue weighted by Crippen LogP contribution is 2.29. The smallest absolute Gasteiger partial charge is 0.195 e. The van der Waals surface area contributed by atoms with Gasteiger partial charge < -0.3 is 0 Å². The minimum Gasteiger partial charge on any atom is -0.195 e. The zero-order valence-corrected chi connectivity index (χ0v) is 11.3. The van der Waals surface area contributed by atoms with Gasteiger partial charge in [0.15, 0.2) is 0 Å². The largest absolute Gasteiger partial charge is 0.221 e. The highest BCUT2D eigenvalue weighted by molar-refractivity contribution is 9.26. The molecule has 0 saturated carbocycles. The van der Waals surface area contributed by atoms with Crippen LogP contribution >= 0.6 is 31.9 Å². The Morgan fingerprint density at radius 2 is 1.80 bits per heavy atom. The second-order valence-corrected chi connectivity index (χ2v) is 6.94. The van der Waals surface area contributed by atoms with Crippen molar-refractivity contribution in [2.24, 2.45) is 0 Å². The standard InChI is InChI=1S/C9H5Br2NO2S/c10-9(11,6-12)8(15(13)14)7-4-2-1-3-5-7/h1-5H. The van der Waals surface area contributed by atoms with Crippen molar-refractivity contribution in [3.05, 3.63) is 35.9 Å². The van der Waals surface area contributed by atoms with E-state index in [2.05, 4.69) is 31.9 Å². The van der Waals surface area contributed by atoms with E-state index >= 15 is 0 Å². The van der Waals surface area contributed by atoms with Crippen LogP contribution in [0.1, 0.15) is 5.56 Å². The zero-order valence-electron chi connectivity index (χ0n) is 7.31. The molecule has 0 fully saturated rings. The first-order chi connectivity index (χ1) is 6.99. The number of rotatable bonds is 2. The molecule has 0 aliphatic carbocycles. The summed E-state index contributed by atoms with van der Waals surface area (Å²) in [7, 11) is -2.47. The van der Waals surface area contributed by atoms with Crippen LogP contribution in [0.15, 0.2) is 30.3 Å². The summed E-state index contributed by atoms with van der Waals surface area (Å²) in [5.41, 5.74) is 0.473. The maximum atomic E-state index is 11.1. The molecule has 1 rings (SSSR count). The number of hydrogen-bond donors (Lipinski definition) is 0. The summed E-state index contributed by atoms with van der Waals surface area (Å²) < 4.78 is 20.7. The quantitative estimate of drug-likeness (QED) is 0.466. The van der Waals surface area contributed by atoms with Gasteiger partial charge in [-0.25, -0.2) is 0 Å². The van der Waals surface area contributed by atoms with Crippen LogP contribution in [0.4, 0.5) is 0 Å². The molecule has 0 atom stereocenters. The maximum absolute atomic E-state index is 11.1. The number of hydrogen-bond acceptors (Lipinski definition) is 3. The topological polar surface area (TPSA) is 57.9 Å². The Labute approximate surface area is 106 Å². The third-order valence-corrected chi connectivity index (χ3v) is 4.18. The van der Waals surface area contributed by atoms with Gasteiger partial charge in [-0.1, -0.05) is 30.3 Å². The van der Waals surface area contributed by atoms with Gasteiger partial charge in [0.25, 0.3) is 0 Å². The molecular weight excluding hydrogens is 346 g/mol. The van der Waals surface area contributed by atoms with Gasteiger partial charge >= 0.3 is 0 Å². The van der Waals surface area contributed by atoms with Gasteiger partial charge in [-0.05, 0) is 37.4 Å². The summed E-state index contributed by atoms with van der Waals surface area (Å²) in [5.74, 6) is 0. The molecule has 0 aliphatic heterocycles. The van der Waals surface area contributed by atoms with Gasteiger partial charge in [0.1, 0.15) is 4.86 Å². The lowest BCUT2D eigenvalue weighted by molar-refractivity contribution is 0.627. The lowest BCUT2D eigenvalue weighted by atomic mass is 10.1. The fraction of sp³-hybridized carbons (Fsp3) is 0.111. The Kier molecular flexibility index (Phi) is 4.08. The van der Waals surface area contributed by atoms with Crippen LogP contribution in [-0.4, -0.2) is 16.5 Å². The first kappa shape index (κ1) is 12.4. The second kappa shape index (κ2) is 4.92. The van der Waals surface area contributed by atoms with Crippen molar-refractivity contribution < 1.29 is 8.42 Å². The molecule has 0 radical (unpaired) electrons. The zero-order chi connectivity index (χ0) is 11.5. The number of halogens is 2. The van der Waals surface area contributed by atoms with Crippen LogP contribution in [0.3, 0.4) is 0 Å². The molecule has 0 bridgehead atoms. The van der Waals surface area contributed by atoms with Crippen LogP contribution in [0, 0.1) is 11.3 Å². The average molecular weight is 351 g/mol. The van der Waals surface area contributed by atoms with Crippen molar-refractivity contribution in [1.29, 1.82) is 5.26 Å². The highest BCUT2D eigenvalue weighted by Gasteiger charge is 2.32. The molecule has 0 N–H and O–H groups in total. The van der Waals surface area contributed by atoms with Gasteiger partial charge in [-0.15, -0.1) is 0 Å². The van der Waals surface area contributed by atoms with E-state index in [0.717, 1.165) is 0 Å². The van der Waals surface area contributed by atoms with E-state index in [4.69, 9.17) is 5.26 Å². The Hall–Kier alpha value is -0.640. The van der Waals surface area contributed by atoms with E-state index in [-0.39, 0.29) is 4.86 Å². The van der Waals surface area contributed by atoms with Crippen molar-refractivity contribution in [2.45, 2.75) is 3.23 Å². The molecule has 0 aromatic heterocycles. The van der Waals surface area contributed by atoms with E-state index in [1.807, 2.05) is 6.07 Å². The van der Waals surface area contributed by atoms with Crippen molar-refractivity contribution in [3.63, 3.8) is 0 Å². The molecule has 1 aromatic carbocycles. The van der Waals surface area contributed by atoms with Crippen LogP contribution in [0.5, 0.6) is 0 Å². The van der Waals surface area contributed by atoms with Crippen LogP contribution in [0.2, 0.25) is 0 Å². The molecular formula is C9H5Br2NO2S. The predicted molar refractivity (Wildman–Crippen MR) is 65.7 cm³/mol. The molecule has 0 unspecified atom stereocenters. The lowest BCUT2D eigenvalue weighted by Gasteiger charge is -2.11. The van der Waals surface area contributed by atoms with E-state index in [9.17, 15) is 8.42 Å². The molecule has 1 aromatic rings. The molecule has 15 heavy (non-hydrogen) atoms. The number of alkyl halides is 2. The van der Waals surface area contributed by atoms with Crippen LogP contribution < -0.4 is 0 Å². The monoisotopic (exact) mass is 349 g/mol. The van der Waals surface area contributed by atoms with Crippen LogP contribution in [0.25, 0.3) is 0 Å². The van der Waals surface area contributed by atoms with Gasteiger partial charge in [0.05, 0.1) is 6.07 Å². The summed E-state index contributed by atoms with van der Waals surface area (Å²) in [4.78, 5) is -0.0365. The average Bonchev–Trinajstić information content (AvgIpc) is 2.18. The minimum absolute atomic E-state index is 0.0365. The van der Waals surface area contributed by atoms with Crippen molar-refractivity contribution in [1.82, 2.24) is 0 Å². The molecule has 0 saturated heterocycles. The first-order valence-corrected chi connectivity index (χ1v) is 6.46. The third-order valence-electron chi connectivity index (χ3n) is 1.63. The van der Waals surface area contributed by atoms with E-state index in [0.29, 0.717) is 5.56 Å². The lowest BCUT2D eigenvalue weighted by Crippen LogP contribution is -2.24. The van der Waals surface area contributed by atoms with Gasteiger partial charge in [0.2, 0.25) is 13.5 Å². The van der Waals surface area contributed by atoms with E-state index in [1.54, 1.807) is 30.3 Å². The maximum Gasteiger partial charge on any atom is 0.221 e. The number of nitrogens with zero attached hydrogens (tertiary/aromatic N) is 1. The molecule has 0 spiro atoms. The Morgan fingerprint density at radius 3 is 2.20 bits per heavy atom. The Bertz CT molecular complexity index is 521. The number of benzene rings is 1.